The number of carbonyl (C=O) groups excluding carboxylic acids is 2. The lowest BCUT2D eigenvalue weighted by Gasteiger charge is -2.17. The minimum Gasteiger partial charge on any atom is -0.493 e. The van der Waals surface area contributed by atoms with Crippen molar-refractivity contribution >= 4 is 11.8 Å². The molecular weight excluding hydrogens is 392 g/mol. The quantitative estimate of drug-likeness (QED) is 0.505. The average Bonchev–Trinajstić information content (AvgIpc) is 3.38. The summed E-state index contributed by atoms with van der Waals surface area (Å²) in [5.74, 6) is 0.758. The van der Waals surface area contributed by atoms with Gasteiger partial charge in [0.2, 0.25) is 12.5 Å². The van der Waals surface area contributed by atoms with Gasteiger partial charge in [0.1, 0.15) is 6.61 Å². The summed E-state index contributed by atoms with van der Waals surface area (Å²) in [6.07, 6.45) is 0.302. The number of fused-ring (bicyclic) bond motifs is 1. The maximum absolute atomic E-state index is 13.1. The predicted molar refractivity (Wildman–Crippen MR) is 105 cm³/mol. The molecule has 2 aromatic carbocycles. The van der Waals surface area contributed by atoms with E-state index in [0.717, 1.165) is 5.56 Å². The van der Waals surface area contributed by atoms with E-state index in [4.69, 9.17) is 28.4 Å². The molecule has 0 amide bonds. The van der Waals surface area contributed by atoms with Gasteiger partial charge in [0.25, 0.3) is 0 Å². The van der Waals surface area contributed by atoms with Crippen molar-refractivity contribution in [2.45, 2.75) is 6.42 Å². The van der Waals surface area contributed by atoms with Crippen LogP contribution < -0.4 is 23.7 Å². The van der Waals surface area contributed by atoms with Crippen molar-refractivity contribution in [3.63, 3.8) is 0 Å². The molecule has 2 heterocycles. The van der Waals surface area contributed by atoms with E-state index in [0.29, 0.717) is 40.7 Å². The van der Waals surface area contributed by atoms with Gasteiger partial charge < -0.3 is 28.4 Å². The molecule has 158 valence electrons. The smallest absolute Gasteiger partial charge is 0.310 e. The maximum Gasteiger partial charge on any atom is 0.310 e. The Labute approximate surface area is 173 Å². The number of hydrogen-bond donors (Lipinski definition) is 0. The lowest BCUT2D eigenvalue weighted by atomic mass is 9.84. The monoisotopic (exact) mass is 414 g/mol. The van der Waals surface area contributed by atoms with E-state index in [1.807, 2.05) is 0 Å². The molecule has 0 bridgehead atoms. The first-order valence-corrected chi connectivity index (χ1v) is 9.45. The summed E-state index contributed by atoms with van der Waals surface area (Å²) in [6.45, 7) is 0.170. The minimum absolute atomic E-state index is 0.0429. The van der Waals surface area contributed by atoms with Crippen LogP contribution in [0.15, 0.2) is 30.3 Å². The highest BCUT2D eigenvalue weighted by Gasteiger charge is 2.42. The topological polar surface area (TPSA) is 89.5 Å². The van der Waals surface area contributed by atoms with Gasteiger partial charge in [-0.3, -0.25) is 9.59 Å². The van der Waals surface area contributed by atoms with Crippen molar-refractivity contribution in [1.29, 1.82) is 0 Å². The van der Waals surface area contributed by atoms with Crippen molar-refractivity contribution in [2.24, 2.45) is 11.8 Å². The Morgan fingerprint density at radius 1 is 0.967 bits per heavy atom. The molecule has 2 aliphatic rings. The zero-order valence-corrected chi connectivity index (χ0v) is 16.9. The fourth-order valence-corrected chi connectivity index (χ4v) is 3.81. The van der Waals surface area contributed by atoms with Crippen LogP contribution in [0, 0.1) is 11.8 Å². The number of rotatable bonds is 7. The highest BCUT2D eigenvalue weighted by atomic mass is 16.7. The number of Topliss-reactive ketones (excluding diaryl/α,β-unsaturated/α-hetero) is 1. The fourth-order valence-electron chi connectivity index (χ4n) is 3.81. The van der Waals surface area contributed by atoms with Crippen LogP contribution in [0.1, 0.15) is 15.9 Å². The van der Waals surface area contributed by atoms with Gasteiger partial charge in [-0.05, 0) is 42.3 Å². The number of benzene rings is 2. The highest BCUT2D eigenvalue weighted by molar-refractivity contribution is 6.01. The van der Waals surface area contributed by atoms with Crippen molar-refractivity contribution in [3.05, 3.63) is 41.5 Å². The first-order chi connectivity index (χ1) is 14.5. The summed E-state index contributed by atoms with van der Waals surface area (Å²) >= 11 is 0. The molecule has 8 nitrogen and oxygen atoms in total. The molecule has 30 heavy (non-hydrogen) atoms. The Bertz CT molecular complexity index is 958. The first-order valence-electron chi connectivity index (χ1n) is 9.45. The van der Waals surface area contributed by atoms with Crippen molar-refractivity contribution in [1.82, 2.24) is 0 Å². The molecule has 0 unspecified atom stereocenters. The molecule has 2 aromatic rings. The summed E-state index contributed by atoms with van der Waals surface area (Å²) in [5.41, 5.74) is 1.23. The molecule has 0 spiro atoms. The standard InChI is InChI=1S/C22H22O8/c1-25-18-7-12(8-19(26-2)21(18)27-3)6-14-15(10-28-22(14)24)20(23)13-4-5-16-17(9-13)30-11-29-16/h4-5,7-9,14-15H,6,10-11H2,1-3H3/t14-,15-/m1/s1. The third-order valence-electron chi connectivity index (χ3n) is 5.37. The number of methoxy groups -OCH3 is 3. The van der Waals surface area contributed by atoms with E-state index in [1.54, 1.807) is 30.3 Å². The Balaban J connectivity index is 1.60. The van der Waals surface area contributed by atoms with Gasteiger partial charge in [0.15, 0.2) is 28.8 Å². The molecule has 0 aliphatic carbocycles. The molecule has 1 saturated heterocycles. The number of ketones is 1. The molecule has 0 radical (unpaired) electrons. The van der Waals surface area contributed by atoms with Gasteiger partial charge in [-0.1, -0.05) is 0 Å². The van der Waals surface area contributed by atoms with Crippen LogP contribution in [0.2, 0.25) is 0 Å². The summed E-state index contributed by atoms with van der Waals surface area (Å²) < 4.78 is 32.0. The van der Waals surface area contributed by atoms with Gasteiger partial charge in [-0.15, -0.1) is 0 Å². The minimum atomic E-state index is -0.620. The fraction of sp³-hybridized carbons (Fsp3) is 0.364. The van der Waals surface area contributed by atoms with E-state index in [1.165, 1.54) is 21.3 Å². The van der Waals surface area contributed by atoms with Crippen LogP contribution in [0.25, 0.3) is 0 Å². The first kappa shape index (κ1) is 19.9. The molecule has 4 rings (SSSR count). The molecule has 2 atom stereocenters. The molecule has 1 fully saturated rings. The van der Waals surface area contributed by atoms with Crippen LogP contribution >= 0.6 is 0 Å². The second-order valence-corrected chi connectivity index (χ2v) is 7.01. The lowest BCUT2D eigenvalue weighted by molar-refractivity contribution is -0.141. The number of esters is 1. The summed E-state index contributed by atoms with van der Waals surface area (Å²) in [5, 5.41) is 0. The lowest BCUT2D eigenvalue weighted by Crippen LogP contribution is -2.26. The summed E-state index contributed by atoms with van der Waals surface area (Å²) in [7, 11) is 4.57. The Kier molecular flexibility index (Phi) is 5.39. The van der Waals surface area contributed by atoms with Crippen LogP contribution in [0.5, 0.6) is 28.7 Å². The van der Waals surface area contributed by atoms with E-state index in [2.05, 4.69) is 0 Å². The number of ether oxygens (including phenoxy) is 6. The van der Waals surface area contributed by atoms with Gasteiger partial charge >= 0.3 is 5.97 Å². The predicted octanol–water partition coefficient (Wildman–Crippen LogP) is 2.66. The maximum atomic E-state index is 13.1. The van der Waals surface area contributed by atoms with Crippen molar-refractivity contribution < 1.29 is 38.0 Å². The number of hydrogen-bond acceptors (Lipinski definition) is 8. The van der Waals surface area contributed by atoms with Crippen LogP contribution in [-0.2, 0) is 16.0 Å². The van der Waals surface area contributed by atoms with Gasteiger partial charge in [0, 0.05) is 5.56 Å². The van der Waals surface area contributed by atoms with Crippen LogP contribution in [-0.4, -0.2) is 46.5 Å². The Morgan fingerprint density at radius 3 is 2.33 bits per heavy atom. The number of carbonyl (C=O) groups is 2. The second kappa shape index (κ2) is 8.14. The second-order valence-electron chi connectivity index (χ2n) is 7.01. The molecule has 2 aliphatic heterocycles. The summed E-state index contributed by atoms with van der Waals surface area (Å²) in [6, 6.07) is 8.56. The average molecular weight is 414 g/mol. The van der Waals surface area contributed by atoms with E-state index < -0.39 is 17.8 Å². The third-order valence-corrected chi connectivity index (χ3v) is 5.37. The van der Waals surface area contributed by atoms with Gasteiger partial charge in [0.05, 0.1) is 33.2 Å². The Hall–Kier alpha value is -3.42. The SMILES string of the molecule is COc1cc(C[C@H]2C(=O)OC[C@H]2C(=O)c2ccc3c(c2)OCO3)cc(OC)c1OC. The van der Waals surface area contributed by atoms with E-state index in [9.17, 15) is 9.59 Å². The van der Waals surface area contributed by atoms with Crippen LogP contribution in [0.3, 0.4) is 0 Å². The zero-order chi connectivity index (χ0) is 21.3. The Morgan fingerprint density at radius 2 is 1.67 bits per heavy atom. The highest BCUT2D eigenvalue weighted by Crippen LogP contribution is 2.40. The third kappa shape index (κ3) is 3.49. The van der Waals surface area contributed by atoms with Gasteiger partial charge in [-0.2, -0.15) is 0 Å². The zero-order valence-electron chi connectivity index (χ0n) is 16.9. The molecular formula is C22H22O8. The van der Waals surface area contributed by atoms with E-state index in [-0.39, 0.29) is 19.2 Å². The largest absolute Gasteiger partial charge is 0.493 e. The van der Waals surface area contributed by atoms with Gasteiger partial charge in [-0.25, -0.2) is 0 Å². The molecule has 0 aromatic heterocycles. The number of cyclic esters (lactones) is 1. The van der Waals surface area contributed by atoms with Crippen molar-refractivity contribution in [2.75, 3.05) is 34.7 Å². The molecule has 8 heteroatoms. The van der Waals surface area contributed by atoms with E-state index >= 15 is 0 Å². The normalized spacial score (nSPS) is 19.4. The summed E-state index contributed by atoms with van der Waals surface area (Å²) in [4.78, 5) is 25.6. The molecule has 0 N–H and O–H groups in total. The molecule has 0 saturated carbocycles. The van der Waals surface area contributed by atoms with Crippen molar-refractivity contribution in [3.8, 4) is 28.7 Å². The van der Waals surface area contributed by atoms with Crippen LogP contribution in [0.4, 0.5) is 0 Å².